The molecule has 39 heavy (non-hydrogen) atoms. The van der Waals surface area contributed by atoms with E-state index in [1.807, 2.05) is 54.0 Å². The van der Waals surface area contributed by atoms with Crippen LogP contribution in [0.4, 0.5) is 5.82 Å². The number of carbonyl (C=O) groups excluding carboxylic acids is 1. The van der Waals surface area contributed by atoms with Gasteiger partial charge in [0.2, 0.25) is 5.91 Å². The van der Waals surface area contributed by atoms with Gasteiger partial charge in [0.15, 0.2) is 0 Å². The maximum absolute atomic E-state index is 14.1. The zero-order valence-corrected chi connectivity index (χ0v) is 23.3. The Morgan fingerprint density at radius 3 is 2.41 bits per heavy atom. The minimum atomic E-state index is -0.477. The third-order valence-corrected chi connectivity index (χ3v) is 8.92. The van der Waals surface area contributed by atoms with Gasteiger partial charge in [-0.15, -0.1) is 0 Å². The predicted molar refractivity (Wildman–Crippen MR) is 157 cm³/mol. The lowest BCUT2D eigenvalue weighted by Crippen LogP contribution is -2.26. The highest BCUT2D eigenvalue weighted by molar-refractivity contribution is 8.00. The Hall–Kier alpha value is -4.07. The molecule has 7 heteroatoms. The molecule has 0 fully saturated rings. The Morgan fingerprint density at radius 2 is 1.74 bits per heavy atom. The first-order valence-corrected chi connectivity index (χ1v) is 14.3. The lowest BCUT2D eigenvalue weighted by atomic mass is 9.94. The number of benzene rings is 2. The topological polar surface area (TPSA) is 108 Å². The van der Waals surface area contributed by atoms with E-state index in [9.17, 15) is 15.3 Å². The van der Waals surface area contributed by atoms with Crippen LogP contribution in [0.15, 0.2) is 53.6 Å². The molecule has 2 N–H and O–H groups in total. The zero-order chi connectivity index (χ0) is 27.7. The molecule has 4 aromatic rings. The number of carbonyl (C=O) groups is 1. The van der Waals surface area contributed by atoms with Crippen molar-refractivity contribution in [2.75, 3.05) is 5.73 Å². The number of anilines is 1. The first-order chi connectivity index (χ1) is 18.9. The first kappa shape index (κ1) is 26.5. The van der Waals surface area contributed by atoms with Crippen molar-refractivity contribution in [1.29, 1.82) is 10.5 Å². The number of nitriles is 2. The molecule has 0 radical (unpaired) electrons. The van der Waals surface area contributed by atoms with Crippen molar-refractivity contribution < 1.29 is 4.79 Å². The van der Waals surface area contributed by atoms with Gasteiger partial charge in [0.25, 0.3) is 0 Å². The fourth-order valence-corrected chi connectivity index (χ4v) is 6.60. The number of aryl methyl sites for hydroxylation is 1. The lowest BCUT2D eigenvalue weighted by molar-refractivity contribution is 0.0910. The highest BCUT2D eigenvalue weighted by Gasteiger charge is 2.30. The van der Waals surface area contributed by atoms with E-state index in [1.165, 1.54) is 17.3 Å². The van der Waals surface area contributed by atoms with Crippen molar-refractivity contribution in [2.24, 2.45) is 0 Å². The molecule has 0 amide bonds. The normalized spacial score (nSPS) is 13.6. The van der Waals surface area contributed by atoms with E-state index in [1.54, 1.807) is 0 Å². The van der Waals surface area contributed by atoms with Gasteiger partial charge in [-0.05, 0) is 60.8 Å². The van der Waals surface area contributed by atoms with Crippen LogP contribution in [0.1, 0.15) is 78.7 Å². The number of aromatic nitrogens is 2. The summed E-state index contributed by atoms with van der Waals surface area (Å²) in [6.07, 6.45) is 4.59. The van der Waals surface area contributed by atoms with Gasteiger partial charge in [-0.2, -0.15) is 10.5 Å². The standard InChI is InChI=1S/C32H31N5OS/c1-4-28(32(38)37-26-11-7-5-9-22(26)23-10-6-8-12-27(23)37)39-31-25(18-34)29(24(17-33)30(35)36-31)21-15-13-20(14-16-21)19(2)3/h5,7,9,11,13-16,19,28H,4,6,8,10,12H2,1-3H3,(H2,35,36). The van der Waals surface area contributed by atoms with E-state index < -0.39 is 5.25 Å². The second-order valence-electron chi connectivity index (χ2n) is 10.3. The van der Waals surface area contributed by atoms with Gasteiger partial charge in [-0.25, -0.2) is 4.98 Å². The molecule has 2 heterocycles. The van der Waals surface area contributed by atoms with Crippen molar-refractivity contribution in [3.8, 4) is 23.3 Å². The number of nitrogens with two attached hydrogens (primary N) is 1. The summed E-state index contributed by atoms with van der Waals surface area (Å²) in [5, 5.41) is 21.2. The summed E-state index contributed by atoms with van der Waals surface area (Å²) >= 11 is 1.26. The first-order valence-electron chi connectivity index (χ1n) is 13.5. The molecule has 5 rings (SSSR count). The van der Waals surface area contributed by atoms with Crippen LogP contribution in [0.5, 0.6) is 0 Å². The van der Waals surface area contributed by atoms with Crippen LogP contribution < -0.4 is 5.73 Å². The fourth-order valence-electron chi connectivity index (χ4n) is 5.54. The van der Waals surface area contributed by atoms with E-state index in [0.717, 1.165) is 53.4 Å². The van der Waals surface area contributed by atoms with E-state index in [4.69, 9.17) is 5.73 Å². The molecule has 1 atom stereocenters. The molecule has 0 bridgehead atoms. The zero-order valence-electron chi connectivity index (χ0n) is 22.5. The van der Waals surface area contributed by atoms with E-state index in [2.05, 4.69) is 37.0 Å². The highest BCUT2D eigenvalue weighted by Crippen LogP contribution is 2.39. The maximum atomic E-state index is 14.1. The van der Waals surface area contributed by atoms with Crippen LogP contribution in [0.3, 0.4) is 0 Å². The van der Waals surface area contributed by atoms with E-state index in [0.29, 0.717) is 22.9 Å². The van der Waals surface area contributed by atoms with Crippen LogP contribution in [-0.2, 0) is 12.8 Å². The van der Waals surface area contributed by atoms with Crippen molar-refractivity contribution in [3.63, 3.8) is 0 Å². The number of hydrogen-bond acceptors (Lipinski definition) is 6. The van der Waals surface area contributed by atoms with Gasteiger partial charge in [-0.1, -0.05) is 75.0 Å². The number of pyridine rings is 1. The summed E-state index contributed by atoms with van der Waals surface area (Å²) in [6, 6.07) is 20.4. The maximum Gasteiger partial charge on any atom is 0.244 e. The summed E-state index contributed by atoms with van der Waals surface area (Å²) < 4.78 is 1.90. The van der Waals surface area contributed by atoms with Gasteiger partial charge in [0.05, 0.1) is 16.3 Å². The van der Waals surface area contributed by atoms with Gasteiger partial charge in [0.1, 0.15) is 28.5 Å². The third kappa shape index (κ3) is 4.68. The third-order valence-electron chi connectivity index (χ3n) is 7.58. The number of thioether (sulfide) groups is 1. The second-order valence-corrected chi connectivity index (χ2v) is 11.5. The average Bonchev–Trinajstić information content (AvgIpc) is 3.29. The van der Waals surface area contributed by atoms with Crippen LogP contribution in [0.25, 0.3) is 22.0 Å². The van der Waals surface area contributed by atoms with Gasteiger partial charge < -0.3 is 5.73 Å². The number of nitrogens with zero attached hydrogens (tertiary/aromatic N) is 4. The van der Waals surface area contributed by atoms with Crippen molar-refractivity contribution in [1.82, 2.24) is 9.55 Å². The molecule has 0 spiro atoms. The van der Waals surface area contributed by atoms with E-state index >= 15 is 0 Å². The smallest absolute Gasteiger partial charge is 0.244 e. The van der Waals surface area contributed by atoms with Crippen LogP contribution >= 0.6 is 11.8 Å². The van der Waals surface area contributed by atoms with Crippen LogP contribution in [0, 0.1) is 22.7 Å². The molecule has 1 aliphatic carbocycles. The van der Waals surface area contributed by atoms with Crippen LogP contribution in [0.2, 0.25) is 0 Å². The molecule has 0 saturated heterocycles. The number of nitrogen functional groups attached to an aromatic ring is 1. The molecular weight excluding hydrogens is 502 g/mol. The second kappa shape index (κ2) is 11.0. The monoisotopic (exact) mass is 533 g/mol. The van der Waals surface area contributed by atoms with Crippen LogP contribution in [-0.4, -0.2) is 20.7 Å². The Labute approximate surface area is 233 Å². The van der Waals surface area contributed by atoms with Crippen molar-refractivity contribution in [3.05, 3.63) is 76.5 Å². The summed E-state index contributed by atoms with van der Waals surface area (Å²) in [5.41, 5.74) is 12.4. The van der Waals surface area contributed by atoms with Crippen molar-refractivity contribution >= 4 is 34.4 Å². The van der Waals surface area contributed by atoms with Gasteiger partial charge in [0, 0.05) is 16.6 Å². The molecule has 0 aliphatic heterocycles. The average molecular weight is 534 g/mol. The summed E-state index contributed by atoms with van der Waals surface area (Å²) in [4.78, 5) is 18.6. The SMILES string of the molecule is CCC(Sc1nc(N)c(C#N)c(-c2ccc(C(C)C)cc2)c1C#N)C(=O)n1c2c(c3ccccc31)CCCC2. The predicted octanol–water partition coefficient (Wildman–Crippen LogP) is 7.24. The molecule has 1 aliphatic rings. The molecule has 196 valence electrons. The Balaban J connectivity index is 1.60. The number of hydrogen-bond donors (Lipinski definition) is 1. The minimum Gasteiger partial charge on any atom is -0.383 e. The molecule has 2 aromatic heterocycles. The molecule has 2 aromatic carbocycles. The van der Waals surface area contributed by atoms with Gasteiger partial charge in [-0.3, -0.25) is 9.36 Å². The van der Waals surface area contributed by atoms with Gasteiger partial charge >= 0.3 is 0 Å². The van der Waals surface area contributed by atoms with Crippen molar-refractivity contribution in [2.45, 2.75) is 69.1 Å². The summed E-state index contributed by atoms with van der Waals surface area (Å²) in [5.74, 6) is 0.400. The summed E-state index contributed by atoms with van der Waals surface area (Å²) in [7, 11) is 0. The quantitative estimate of drug-likeness (QED) is 0.262. The Kier molecular flexibility index (Phi) is 7.46. The number of para-hydroxylation sites is 1. The largest absolute Gasteiger partial charge is 0.383 e. The summed E-state index contributed by atoms with van der Waals surface area (Å²) in [6.45, 7) is 6.20. The fraction of sp³-hybridized carbons (Fsp3) is 0.312. The van der Waals surface area contributed by atoms with E-state index in [-0.39, 0.29) is 22.9 Å². The number of rotatable bonds is 6. The Bertz CT molecular complexity index is 1650. The molecule has 1 unspecified atom stereocenters. The number of fused-ring (bicyclic) bond motifs is 3. The molecular formula is C32H31N5OS. The minimum absolute atomic E-state index is 0.0155. The highest BCUT2D eigenvalue weighted by atomic mass is 32.2. The Morgan fingerprint density at radius 1 is 1.05 bits per heavy atom. The molecule has 6 nitrogen and oxygen atoms in total. The molecule has 0 saturated carbocycles. The lowest BCUT2D eigenvalue weighted by Gasteiger charge is -2.20.